The average Bonchev–Trinajstić information content (AvgIpc) is 3.45. The molecule has 0 atom stereocenters. The second-order valence-electron chi connectivity index (χ2n) is 7.60. The summed E-state index contributed by atoms with van der Waals surface area (Å²) in [5.41, 5.74) is 1.49. The number of amides is 2. The summed E-state index contributed by atoms with van der Waals surface area (Å²) in [6, 6.07) is 15.6. The molecule has 10 heteroatoms. The minimum Gasteiger partial charge on any atom is -0.495 e. The minimum atomic E-state index is -0.422. The summed E-state index contributed by atoms with van der Waals surface area (Å²) in [7, 11) is 1.54. The Balaban J connectivity index is 1.61. The zero-order chi connectivity index (χ0) is 24.9. The summed E-state index contributed by atoms with van der Waals surface area (Å²) in [4.78, 5) is 27.0. The van der Waals surface area contributed by atoms with Gasteiger partial charge in [-0.1, -0.05) is 42.8 Å². The molecule has 0 unspecified atom stereocenters. The molecule has 4 aromatic rings. The van der Waals surface area contributed by atoms with Crippen LogP contribution in [0.4, 0.5) is 10.5 Å². The fourth-order valence-electron chi connectivity index (χ4n) is 3.58. The highest BCUT2D eigenvalue weighted by Gasteiger charge is 2.24. The lowest BCUT2D eigenvalue weighted by Crippen LogP contribution is -2.29. The van der Waals surface area contributed by atoms with Crippen molar-refractivity contribution in [1.29, 1.82) is 0 Å². The molecule has 0 spiro atoms. The fraction of sp³-hybridized carbons (Fsp3) is 0.200. The van der Waals surface area contributed by atoms with Gasteiger partial charge in [0.1, 0.15) is 16.6 Å². The molecule has 0 aliphatic heterocycles. The zero-order valence-corrected chi connectivity index (χ0v) is 21.0. The number of nitrogens with one attached hydrogen (secondary N) is 2. The molecule has 4 rings (SSSR count). The van der Waals surface area contributed by atoms with Crippen molar-refractivity contribution in [1.82, 2.24) is 20.1 Å². The van der Waals surface area contributed by atoms with Crippen molar-refractivity contribution < 1.29 is 14.3 Å². The second-order valence-corrected chi connectivity index (χ2v) is 9.12. The number of thiophene rings is 1. The molecule has 0 saturated carbocycles. The predicted molar refractivity (Wildman–Crippen MR) is 137 cm³/mol. The molecule has 0 aliphatic carbocycles. The lowest BCUT2D eigenvalue weighted by atomic mass is 10.0. The van der Waals surface area contributed by atoms with E-state index in [4.69, 9.17) is 16.3 Å². The second kappa shape index (κ2) is 10.7. The van der Waals surface area contributed by atoms with E-state index in [1.807, 2.05) is 19.1 Å². The Hall–Kier alpha value is -3.69. The number of halogens is 1. The van der Waals surface area contributed by atoms with Gasteiger partial charge < -0.3 is 15.4 Å². The summed E-state index contributed by atoms with van der Waals surface area (Å²) >= 11 is 7.80. The number of para-hydroxylation sites is 2. The standard InChI is InChI=1S/C25H24ClN5O3S/c1-4-16-13-18(23(32)17-9-5-6-10-19(17)26)24(35-16)31-15(2)29-30-22(31)14-27-25(33)28-20-11-7-8-12-21(20)34-3/h5-13H,4,14H2,1-3H3,(H2,27,28,33). The summed E-state index contributed by atoms with van der Waals surface area (Å²) in [5, 5.41) is 15.1. The van der Waals surface area contributed by atoms with E-state index in [9.17, 15) is 9.59 Å². The number of rotatable bonds is 8. The van der Waals surface area contributed by atoms with Crippen LogP contribution >= 0.6 is 22.9 Å². The Morgan fingerprint density at radius 3 is 2.57 bits per heavy atom. The number of ketones is 1. The quantitative estimate of drug-likeness (QED) is 0.309. The molecule has 2 heterocycles. The number of aryl methyl sites for hydroxylation is 2. The Morgan fingerprint density at radius 2 is 1.83 bits per heavy atom. The first-order valence-electron chi connectivity index (χ1n) is 10.9. The van der Waals surface area contributed by atoms with Gasteiger partial charge in [0.2, 0.25) is 0 Å². The van der Waals surface area contributed by atoms with Crippen LogP contribution < -0.4 is 15.4 Å². The minimum absolute atomic E-state index is 0.0981. The fourth-order valence-corrected chi connectivity index (χ4v) is 4.96. The van der Waals surface area contributed by atoms with E-state index in [1.165, 1.54) is 18.4 Å². The van der Waals surface area contributed by atoms with E-state index in [0.29, 0.717) is 44.2 Å². The number of carbonyl (C=O) groups is 2. The molecule has 0 aliphatic rings. The third-order valence-corrected chi connectivity index (χ3v) is 6.93. The van der Waals surface area contributed by atoms with Crippen molar-refractivity contribution in [3.63, 3.8) is 0 Å². The molecule has 35 heavy (non-hydrogen) atoms. The van der Waals surface area contributed by atoms with E-state index in [-0.39, 0.29) is 12.3 Å². The molecule has 0 saturated heterocycles. The number of nitrogens with zero attached hydrogens (tertiary/aromatic N) is 3. The first-order chi connectivity index (χ1) is 16.9. The van der Waals surface area contributed by atoms with Gasteiger partial charge >= 0.3 is 6.03 Å². The Bertz CT molecular complexity index is 1380. The maximum Gasteiger partial charge on any atom is 0.319 e. The molecule has 2 amide bonds. The number of urea groups is 1. The highest BCUT2D eigenvalue weighted by molar-refractivity contribution is 7.15. The number of carbonyl (C=O) groups excluding carboxylic acids is 2. The van der Waals surface area contributed by atoms with Crippen LogP contribution in [-0.4, -0.2) is 33.7 Å². The topological polar surface area (TPSA) is 98.1 Å². The number of anilines is 1. The lowest BCUT2D eigenvalue weighted by molar-refractivity contribution is 0.103. The maximum absolute atomic E-state index is 13.4. The number of ether oxygens (including phenoxy) is 1. The van der Waals surface area contributed by atoms with Crippen molar-refractivity contribution in [2.24, 2.45) is 0 Å². The van der Waals surface area contributed by atoms with Gasteiger partial charge in [-0.05, 0) is 43.7 Å². The molecule has 0 bridgehead atoms. The van der Waals surface area contributed by atoms with Gasteiger partial charge in [-0.2, -0.15) is 0 Å². The van der Waals surface area contributed by atoms with Crippen molar-refractivity contribution in [3.05, 3.63) is 87.3 Å². The highest BCUT2D eigenvalue weighted by atomic mass is 35.5. The van der Waals surface area contributed by atoms with Gasteiger partial charge in [0.25, 0.3) is 0 Å². The van der Waals surface area contributed by atoms with E-state index < -0.39 is 6.03 Å². The van der Waals surface area contributed by atoms with Crippen molar-refractivity contribution in [2.45, 2.75) is 26.8 Å². The van der Waals surface area contributed by atoms with Gasteiger partial charge in [0.05, 0.1) is 29.9 Å². The molecular weight excluding hydrogens is 486 g/mol. The van der Waals surface area contributed by atoms with Gasteiger partial charge in [0, 0.05) is 10.4 Å². The molecular formula is C25H24ClN5O3S. The first kappa shape index (κ1) is 24.4. The van der Waals surface area contributed by atoms with Crippen LogP contribution in [0.1, 0.15) is 39.4 Å². The molecule has 8 nitrogen and oxygen atoms in total. The van der Waals surface area contributed by atoms with Crippen molar-refractivity contribution in [3.8, 4) is 10.8 Å². The largest absolute Gasteiger partial charge is 0.495 e. The van der Waals surface area contributed by atoms with E-state index in [2.05, 4.69) is 20.8 Å². The van der Waals surface area contributed by atoms with Crippen LogP contribution in [0.15, 0.2) is 54.6 Å². The molecule has 2 aromatic heterocycles. The van der Waals surface area contributed by atoms with Crippen LogP contribution in [-0.2, 0) is 13.0 Å². The van der Waals surface area contributed by atoms with Gasteiger partial charge in [-0.15, -0.1) is 21.5 Å². The number of benzene rings is 2. The van der Waals surface area contributed by atoms with Gasteiger partial charge in [-0.25, -0.2) is 4.79 Å². The van der Waals surface area contributed by atoms with E-state index in [1.54, 1.807) is 54.0 Å². The van der Waals surface area contributed by atoms with E-state index >= 15 is 0 Å². The van der Waals surface area contributed by atoms with E-state index in [0.717, 1.165) is 11.3 Å². The molecule has 0 radical (unpaired) electrons. The number of hydrogen-bond acceptors (Lipinski definition) is 6. The van der Waals surface area contributed by atoms with Crippen molar-refractivity contribution in [2.75, 3.05) is 12.4 Å². The molecule has 180 valence electrons. The SMILES string of the molecule is CCc1cc(C(=O)c2ccccc2Cl)c(-n2c(C)nnc2CNC(=O)Nc2ccccc2OC)s1. The number of aromatic nitrogens is 3. The Labute approximate surface area is 211 Å². The monoisotopic (exact) mass is 509 g/mol. The van der Waals surface area contributed by atoms with Gasteiger partial charge in [0.15, 0.2) is 11.6 Å². The van der Waals surface area contributed by atoms with Crippen LogP contribution in [0.2, 0.25) is 5.02 Å². The summed E-state index contributed by atoms with van der Waals surface area (Å²) < 4.78 is 7.08. The third kappa shape index (κ3) is 5.21. The normalized spacial score (nSPS) is 10.7. The molecule has 0 fully saturated rings. The Kier molecular flexibility index (Phi) is 7.48. The van der Waals surface area contributed by atoms with Crippen molar-refractivity contribution >= 4 is 40.4 Å². The lowest BCUT2D eigenvalue weighted by Gasteiger charge is -2.12. The highest BCUT2D eigenvalue weighted by Crippen LogP contribution is 2.32. The predicted octanol–water partition coefficient (Wildman–Crippen LogP) is 5.41. The van der Waals surface area contributed by atoms with Gasteiger partial charge in [-0.3, -0.25) is 9.36 Å². The third-order valence-electron chi connectivity index (χ3n) is 5.33. The number of methoxy groups -OCH3 is 1. The van der Waals surface area contributed by atoms with Crippen LogP contribution in [0.3, 0.4) is 0 Å². The summed E-state index contributed by atoms with van der Waals surface area (Å²) in [6.45, 7) is 3.93. The Morgan fingerprint density at radius 1 is 1.09 bits per heavy atom. The zero-order valence-electron chi connectivity index (χ0n) is 19.5. The van der Waals surface area contributed by atoms with Crippen LogP contribution in [0.5, 0.6) is 5.75 Å². The number of hydrogen-bond donors (Lipinski definition) is 2. The first-order valence-corrected chi connectivity index (χ1v) is 12.1. The summed E-state index contributed by atoms with van der Waals surface area (Å²) in [6.07, 6.45) is 0.767. The van der Waals surface area contributed by atoms with Crippen LogP contribution in [0.25, 0.3) is 5.00 Å². The summed E-state index contributed by atoms with van der Waals surface area (Å²) in [5.74, 6) is 1.47. The maximum atomic E-state index is 13.4. The smallest absolute Gasteiger partial charge is 0.319 e. The molecule has 2 N–H and O–H groups in total. The average molecular weight is 510 g/mol. The van der Waals surface area contributed by atoms with Crippen LogP contribution in [0, 0.1) is 6.92 Å². The molecule has 2 aromatic carbocycles.